The number of nitrogens with zero attached hydrogens (tertiary/aromatic N) is 1. The fraction of sp³-hybridized carbons (Fsp3) is 0.353. The van der Waals surface area contributed by atoms with Crippen molar-refractivity contribution in [1.82, 2.24) is 10.3 Å². The number of nitrogens with one attached hydrogen (secondary N) is 1. The third kappa shape index (κ3) is 4.29. The largest absolute Gasteiger partial charge is 0.309 e. The highest BCUT2D eigenvalue weighted by atomic mass is 79.9. The first-order chi connectivity index (χ1) is 10.1. The predicted molar refractivity (Wildman–Crippen MR) is 92.8 cm³/mol. The molecular weight excluding hydrogens is 348 g/mol. The van der Waals surface area contributed by atoms with E-state index in [9.17, 15) is 0 Å². The summed E-state index contributed by atoms with van der Waals surface area (Å²) in [5, 5.41) is 4.39. The summed E-state index contributed by atoms with van der Waals surface area (Å²) in [6, 6.07) is 12.2. The van der Waals surface area contributed by atoms with Crippen molar-refractivity contribution in [3.05, 3.63) is 63.3 Å². The van der Waals surface area contributed by atoms with Crippen molar-refractivity contribution in [1.29, 1.82) is 0 Å². The average Bonchev–Trinajstić information content (AvgIpc) is 2.51. The molecule has 2 aromatic rings. The standard InChI is InChI=1S/C17H20BrClN2/c1-3-9-21-17(12(2)16-6-4-5-10-20-16)14-11-13(18)7-8-15(14)19/h4-8,10-12,17,21H,3,9H2,1-2H3. The zero-order chi connectivity index (χ0) is 15.2. The van der Waals surface area contributed by atoms with E-state index in [1.165, 1.54) is 0 Å². The number of benzene rings is 1. The highest BCUT2D eigenvalue weighted by Crippen LogP contribution is 2.35. The molecule has 4 heteroatoms. The summed E-state index contributed by atoms with van der Waals surface area (Å²) in [7, 11) is 0. The second-order valence-corrected chi connectivity index (χ2v) is 6.46. The maximum Gasteiger partial charge on any atom is 0.0454 e. The van der Waals surface area contributed by atoms with Crippen molar-refractivity contribution in [2.24, 2.45) is 0 Å². The highest BCUT2D eigenvalue weighted by molar-refractivity contribution is 9.10. The van der Waals surface area contributed by atoms with Crippen LogP contribution in [0.4, 0.5) is 0 Å². The number of pyridine rings is 1. The second-order valence-electron chi connectivity index (χ2n) is 5.14. The Morgan fingerprint density at radius 3 is 2.76 bits per heavy atom. The lowest BCUT2D eigenvalue weighted by atomic mass is 9.91. The summed E-state index contributed by atoms with van der Waals surface area (Å²) in [5.74, 6) is 0.240. The van der Waals surface area contributed by atoms with Crippen LogP contribution in [0.2, 0.25) is 5.02 Å². The van der Waals surface area contributed by atoms with Gasteiger partial charge in [0.15, 0.2) is 0 Å². The fourth-order valence-electron chi connectivity index (χ4n) is 2.42. The van der Waals surface area contributed by atoms with E-state index in [1.54, 1.807) is 0 Å². The number of rotatable bonds is 6. The van der Waals surface area contributed by atoms with Gasteiger partial charge < -0.3 is 5.32 Å². The Bertz CT molecular complexity index is 574. The molecule has 112 valence electrons. The van der Waals surface area contributed by atoms with Gasteiger partial charge in [-0.25, -0.2) is 0 Å². The minimum absolute atomic E-state index is 0.143. The first-order valence-corrected chi connectivity index (χ1v) is 8.39. The van der Waals surface area contributed by atoms with Gasteiger partial charge in [-0.2, -0.15) is 0 Å². The van der Waals surface area contributed by atoms with E-state index in [4.69, 9.17) is 11.6 Å². The monoisotopic (exact) mass is 366 g/mol. The SMILES string of the molecule is CCCNC(c1cc(Br)ccc1Cl)C(C)c1ccccn1. The van der Waals surface area contributed by atoms with Gasteiger partial charge in [-0.3, -0.25) is 4.98 Å². The molecule has 21 heavy (non-hydrogen) atoms. The Hall–Kier alpha value is -0.900. The van der Waals surface area contributed by atoms with Gasteiger partial charge in [0.1, 0.15) is 0 Å². The number of hydrogen-bond donors (Lipinski definition) is 1. The van der Waals surface area contributed by atoms with Crippen LogP contribution in [0, 0.1) is 0 Å². The topological polar surface area (TPSA) is 24.9 Å². The Morgan fingerprint density at radius 2 is 2.10 bits per heavy atom. The van der Waals surface area contributed by atoms with E-state index in [2.05, 4.69) is 52.2 Å². The Morgan fingerprint density at radius 1 is 1.29 bits per heavy atom. The van der Waals surface area contributed by atoms with Crippen molar-refractivity contribution in [3.63, 3.8) is 0 Å². The molecule has 0 radical (unpaired) electrons. The molecule has 0 fully saturated rings. The number of aromatic nitrogens is 1. The van der Waals surface area contributed by atoms with Crippen molar-refractivity contribution in [2.45, 2.75) is 32.2 Å². The maximum absolute atomic E-state index is 6.42. The summed E-state index contributed by atoms with van der Waals surface area (Å²) >= 11 is 9.96. The molecule has 2 atom stereocenters. The van der Waals surface area contributed by atoms with Crippen LogP contribution in [0.5, 0.6) is 0 Å². The minimum atomic E-state index is 0.143. The molecule has 0 aliphatic carbocycles. The summed E-state index contributed by atoms with van der Waals surface area (Å²) < 4.78 is 1.04. The van der Waals surface area contributed by atoms with Crippen LogP contribution in [-0.4, -0.2) is 11.5 Å². The molecule has 0 spiro atoms. The quantitative estimate of drug-likeness (QED) is 0.745. The van der Waals surface area contributed by atoms with Gasteiger partial charge in [-0.05, 0) is 48.9 Å². The number of halogens is 2. The molecule has 0 bridgehead atoms. The van der Waals surface area contributed by atoms with Crippen LogP contribution < -0.4 is 5.32 Å². The molecule has 0 saturated heterocycles. The van der Waals surface area contributed by atoms with E-state index in [0.29, 0.717) is 0 Å². The Kier molecular flexibility index (Phi) is 6.22. The van der Waals surface area contributed by atoms with Crippen LogP contribution in [0.25, 0.3) is 0 Å². The van der Waals surface area contributed by atoms with Crippen LogP contribution in [-0.2, 0) is 0 Å². The van der Waals surface area contributed by atoms with Crippen molar-refractivity contribution in [3.8, 4) is 0 Å². The van der Waals surface area contributed by atoms with Crippen molar-refractivity contribution < 1.29 is 0 Å². The normalized spacial score (nSPS) is 13.9. The highest BCUT2D eigenvalue weighted by Gasteiger charge is 2.23. The molecule has 0 aliphatic rings. The molecular formula is C17H20BrClN2. The third-order valence-corrected chi connectivity index (χ3v) is 4.40. The lowest BCUT2D eigenvalue weighted by Gasteiger charge is -2.26. The lowest BCUT2D eigenvalue weighted by molar-refractivity contribution is 0.460. The van der Waals surface area contributed by atoms with Crippen LogP contribution in [0.3, 0.4) is 0 Å². The van der Waals surface area contributed by atoms with Crippen LogP contribution >= 0.6 is 27.5 Å². The molecule has 1 heterocycles. The van der Waals surface area contributed by atoms with Gasteiger partial charge in [-0.15, -0.1) is 0 Å². The molecule has 1 aromatic carbocycles. The summed E-state index contributed by atoms with van der Waals surface area (Å²) in [6.45, 7) is 5.30. The molecule has 0 amide bonds. The summed E-state index contributed by atoms with van der Waals surface area (Å²) in [4.78, 5) is 4.49. The molecule has 1 aromatic heterocycles. The first-order valence-electron chi connectivity index (χ1n) is 7.22. The third-order valence-electron chi connectivity index (χ3n) is 3.56. The summed E-state index contributed by atoms with van der Waals surface area (Å²) in [5.41, 5.74) is 2.18. The van der Waals surface area contributed by atoms with E-state index in [1.807, 2.05) is 30.5 Å². The predicted octanol–water partition coefficient (Wildman–Crippen LogP) is 5.34. The fourth-order valence-corrected chi connectivity index (χ4v) is 3.04. The molecule has 2 unspecified atom stereocenters. The van der Waals surface area contributed by atoms with Gasteiger partial charge in [0, 0.05) is 33.3 Å². The van der Waals surface area contributed by atoms with Gasteiger partial charge in [0.2, 0.25) is 0 Å². The molecule has 2 rings (SSSR count). The van der Waals surface area contributed by atoms with Crippen molar-refractivity contribution >= 4 is 27.5 Å². The Balaban J connectivity index is 2.36. The number of hydrogen-bond acceptors (Lipinski definition) is 2. The molecule has 2 nitrogen and oxygen atoms in total. The summed E-state index contributed by atoms with van der Waals surface area (Å²) in [6.07, 6.45) is 2.92. The lowest BCUT2D eigenvalue weighted by Crippen LogP contribution is -2.27. The zero-order valence-corrected chi connectivity index (χ0v) is 14.7. The molecule has 0 saturated carbocycles. The second kappa shape index (κ2) is 7.92. The first kappa shape index (κ1) is 16.5. The van der Waals surface area contributed by atoms with Gasteiger partial charge in [0.25, 0.3) is 0 Å². The molecule has 1 N–H and O–H groups in total. The van der Waals surface area contributed by atoms with E-state index < -0.39 is 0 Å². The maximum atomic E-state index is 6.42. The minimum Gasteiger partial charge on any atom is -0.309 e. The average molecular weight is 368 g/mol. The van der Waals surface area contributed by atoms with Crippen LogP contribution in [0.15, 0.2) is 47.1 Å². The van der Waals surface area contributed by atoms with E-state index in [-0.39, 0.29) is 12.0 Å². The zero-order valence-electron chi connectivity index (χ0n) is 12.3. The Labute approximate surface area is 140 Å². The van der Waals surface area contributed by atoms with E-state index >= 15 is 0 Å². The van der Waals surface area contributed by atoms with Gasteiger partial charge in [-0.1, -0.05) is 47.4 Å². The van der Waals surface area contributed by atoms with E-state index in [0.717, 1.165) is 33.7 Å². The smallest absolute Gasteiger partial charge is 0.0454 e. The van der Waals surface area contributed by atoms with Crippen LogP contribution in [0.1, 0.15) is 43.5 Å². The van der Waals surface area contributed by atoms with Crippen molar-refractivity contribution in [2.75, 3.05) is 6.54 Å². The van der Waals surface area contributed by atoms with Gasteiger partial charge >= 0.3 is 0 Å². The molecule has 0 aliphatic heterocycles. The van der Waals surface area contributed by atoms with Gasteiger partial charge in [0.05, 0.1) is 0 Å².